The minimum absolute atomic E-state index is 0.136. The predicted molar refractivity (Wildman–Crippen MR) is 133 cm³/mol. The second kappa shape index (κ2) is 20.0. The maximum absolute atomic E-state index is 12.3. The van der Waals surface area contributed by atoms with Crippen LogP contribution in [0.1, 0.15) is 97.3 Å². The molecule has 0 radical (unpaired) electrons. The summed E-state index contributed by atoms with van der Waals surface area (Å²) in [5.41, 5.74) is 0. The second-order valence-electron chi connectivity index (χ2n) is 9.63. The van der Waals surface area contributed by atoms with Crippen molar-refractivity contribution in [2.75, 3.05) is 34.3 Å². The first-order chi connectivity index (χ1) is 15.3. The average Bonchev–Trinajstić information content (AvgIpc) is 2.72. The maximum Gasteiger partial charge on any atom is 0.306 e. The van der Waals surface area contributed by atoms with Gasteiger partial charge in [0, 0.05) is 12.8 Å². The molecule has 32 heavy (non-hydrogen) atoms. The second-order valence-corrected chi connectivity index (χ2v) is 9.63. The fourth-order valence-corrected chi connectivity index (χ4v) is 3.26. The summed E-state index contributed by atoms with van der Waals surface area (Å²) in [5, 5.41) is 0. The number of carbonyl (C=O) groups is 2. The molecule has 0 aliphatic rings. The molecule has 0 aromatic heterocycles. The number of unbranched alkanes of at least 4 members (excludes halogenated alkanes) is 7. The third kappa shape index (κ3) is 21.6. The van der Waals surface area contributed by atoms with Crippen molar-refractivity contribution in [3.8, 4) is 0 Å². The van der Waals surface area contributed by atoms with Gasteiger partial charge < -0.3 is 14.0 Å². The SMILES string of the molecule is CCCC=CCCCCC(=O)OC(COC(=O)CCCCC=CCCCC)C[N+](C)(C)C. The van der Waals surface area contributed by atoms with Gasteiger partial charge in [0.25, 0.3) is 0 Å². The van der Waals surface area contributed by atoms with Crippen molar-refractivity contribution in [2.24, 2.45) is 0 Å². The molecular weight excluding hydrogens is 402 g/mol. The zero-order valence-corrected chi connectivity index (χ0v) is 21.6. The molecule has 0 bridgehead atoms. The zero-order valence-electron chi connectivity index (χ0n) is 21.6. The Morgan fingerprint density at radius 1 is 0.719 bits per heavy atom. The van der Waals surface area contributed by atoms with E-state index in [2.05, 4.69) is 38.2 Å². The van der Waals surface area contributed by atoms with Crippen LogP contribution < -0.4 is 0 Å². The Morgan fingerprint density at radius 2 is 1.25 bits per heavy atom. The van der Waals surface area contributed by atoms with E-state index in [1.807, 2.05) is 21.1 Å². The summed E-state index contributed by atoms with van der Waals surface area (Å²) >= 11 is 0. The summed E-state index contributed by atoms with van der Waals surface area (Å²) in [7, 11) is 6.12. The van der Waals surface area contributed by atoms with E-state index in [0.717, 1.165) is 57.8 Å². The number of carbonyl (C=O) groups excluding carboxylic acids is 2. The summed E-state index contributed by atoms with van der Waals surface area (Å²) in [6.07, 6.45) is 20.8. The maximum atomic E-state index is 12.3. The van der Waals surface area contributed by atoms with Gasteiger partial charge in [-0.1, -0.05) is 57.4 Å². The highest BCUT2D eigenvalue weighted by Crippen LogP contribution is 2.09. The van der Waals surface area contributed by atoms with Gasteiger partial charge in [0.2, 0.25) is 0 Å². The topological polar surface area (TPSA) is 52.6 Å². The van der Waals surface area contributed by atoms with Gasteiger partial charge in [0.15, 0.2) is 6.10 Å². The van der Waals surface area contributed by atoms with E-state index >= 15 is 0 Å². The van der Waals surface area contributed by atoms with Crippen LogP contribution in [0.2, 0.25) is 0 Å². The summed E-state index contributed by atoms with van der Waals surface area (Å²) < 4.78 is 11.7. The Bertz CT molecular complexity index is 534. The molecule has 0 aliphatic carbocycles. The Kier molecular flexibility index (Phi) is 19.0. The highest BCUT2D eigenvalue weighted by atomic mass is 16.6. The van der Waals surface area contributed by atoms with Gasteiger partial charge >= 0.3 is 11.9 Å². The Hall–Kier alpha value is -1.62. The molecule has 0 rings (SSSR count). The quantitative estimate of drug-likeness (QED) is 0.0932. The third-order valence-corrected chi connectivity index (χ3v) is 5.00. The summed E-state index contributed by atoms with van der Waals surface area (Å²) in [6.45, 7) is 5.11. The molecule has 5 nitrogen and oxygen atoms in total. The van der Waals surface area contributed by atoms with Crippen molar-refractivity contribution in [3.63, 3.8) is 0 Å². The standard InChI is InChI=1S/C27H50NO4/c1-6-8-10-12-14-16-17-19-21-26(29)31-24-25(23-28(3,4)5)32-27(30)22-20-18-15-13-11-9-7-2/h11-14,25H,6-10,15-24H2,1-5H3/q+1. The number of likely N-dealkylation sites (N-methyl/N-ethyl adjacent to an activating group) is 1. The molecule has 5 heteroatoms. The normalized spacial score (nSPS) is 13.0. The predicted octanol–water partition coefficient (Wildman–Crippen LogP) is 6.37. The van der Waals surface area contributed by atoms with Gasteiger partial charge in [-0.15, -0.1) is 0 Å². The fraction of sp³-hybridized carbons (Fsp3) is 0.778. The van der Waals surface area contributed by atoms with Crippen LogP contribution >= 0.6 is 0 Å². The van der Waals surface area contributed by atoms with Gasteiger partial charge in [0.05, 0.1) is 21.1 Å². The molecule has 0 aliphatic heterocycles. The molecule has 0 amide bonds. The molecule has 0 fully saturated rings. The third-order valence-electron chi connectivity index (χ3n) is 5.00. The van der Waals surface area contributed by atoms with Crippen molar-refractivity contribution in [1.82, 2.24) is 0 Å². The van der Waals surface area contributed by atoms with Gasteiger partial charge in [-0.3, -0.25) is 9.59 Å². The number of hydrogen-bond donors (Lipinski definition) is 0. The number of hydrogen-bond acceptors (Lipinski definition) is 4. The minimum Gasteiger partial charge on any atom is -0.461 e. The van der Waals surface area contributed by atoms with E-state index in [-0.39, 0.29) is 18.5 Å². The Morgan fingerprint density at radius 3 is 1.78 bits per heavy atom. The molecule has 0 N–H and O–H groups in total. The van der Waals surface area contributed by atoms with E-state index in [9.17, 15) is 9.59 Å². The lowest BCUT2D eigenvalue weighted by atomic mass is 10.1. The highest BCUT2D eigenvalue weighted by Gasteiger charge is 2.23. The number of nitrogens with zero attached hydrogens (tertiary/aromatic N) is 1. The van der Waals surface area contributed by atoms with Gasteiger partial charge in [-0.2, -0.15) is 0 Å². The van der Waals surface area contributed by atoms with Crippen LogP contribution in [-0.4, -0.2) is 56.8 Å². The van der Waals surface area contributed by atoms with Crippen molar-refractivity contribution >= 4 is 11.9 Å². The van der Waals surface area contributed by atoms with E-state index in [1.165, 1.54) is 12.8 Å². The number of quaternary nitrogens is 1. The van der Waals surface area contributed by atoms with Crippen LogP contribution in [-0.2, 0) is 19.1 Å². The fourth-order valence-electron chi connectivity index (χ4n) is 3.26. The molecule has 1 unspecified atom stereocenters. The minimum atomic E-state index is -0.405. The smallest absolute Gasteiger partial charge is 0.306 e. The van der Waals surface area contributed by atoms with Gasteiger partial charge in [-0.25, -0.2) is 0 Å². The molecule has 0 saturated carbocycles. The first kappa shape index (κ1) is 30.4. The lowest BCUT2D eigenvalue weighted by molar-refractivity contribution is -0.873. The van der Waals surface area contributed by atoms with Gasteiger partial charge in [-0.05, 0) is 51.4 Å². The van der Waals surface area contributed by atoms with Crippen molar-refractivity contribution < 1.29 is 23.5 Å². The van der Waals surface area contributed by atoms with E-state index in [1.54, 1.807) is 0 Å². The van der Waals surface area contributed by atoms with Crippen LogP contribution in [0.4, 0.5) is 0 Å². The summed E-state index contributed by atoms with van der Waals surface area (Å²) in [6, 6.07) is 0. The molecule has 0 aromatic carbocycles. The van der Waals surface area contributed by atoms with Crippen LogP contribution in [0, 0.1) is 0 Å². The lowest BCUT2D eigenvalue weighted by Crippen LogP contribution is -2.45. The van der Waals surface area contributed by atoms with Gasteiger partial charge in [0.1, 0.15) is 13.2 Å². The molecule has 0 spiro atoms. The van der Waals surface area contributed by atoms with E-state index in [4.69, 9.17) is 9.47 Å². The van der Waals surface area contributed by atoms with Crippen molar-refractivity contribution in [1.29, 1.82) is 0 Å². The van der Waals surface area contributed by atoms with Crippen molar-refractivity contribution in [2.45, 2.75) is 103 Å². The lowest BCUT2D eigenvalue weighted by Gasteiger charge is -2.28. The largest absolute Gasteiger partial charge is 0.461 e. The molecular formula is C27H50NO4+. The Labute approximate surface area is 197 Å². The number of rotatable bonds is 20. The first-order valence-corrected chi connectivity index (χ1v) is 12.7. The summed E-state index contributed by atoms with van der Waals surface area (Å²) in [5.74, 6) is -0.409. The monoisotopic (exact) mass is 452 g/mol. The highest BCUT2D eigenvalue weighted by molar-refractivity contribution is 5.70. The molecule has 0 aromatic rings. The average molecular weight is 453 g/mol. The molecule has 0 saturated heterocycles. The van der Waals surface area contributed by atoms with Crippen molar-refractivity contribution in [3.05, 3.63) is 24.3 Å². The van der Waals surface area contributed by atoms with Crippen LogP contribution in [0.5, 0.6) is 0 Å². The first-order valence-electron chi connectivity index (χ1n) is 12.7. The van der Waals surface area contributed by atoms with E-state index < -0.39 is 6.10 Å². The Balaban J connectivity index is 4.18. The van der Waals surface area contributed by atoms with Crippen LogP contribution in [0.3, 0.4) is 0 Å². The van der Waals surface area contributed by atoms with Crippen LogP contribution in [0.15, 0.2) is 24.3 Å². The number of ether oxygens (including phenoxy) is 2. The van der Waals surface area contributed by atoms with Crippen LogP contribution in [0.25, 0.3) is 0 Å². The zero-order chi connectivity index (χ0) is 24.1. The number of allylic oxidation sites excluding steroid dienone is 4. The molecule has 0 heterocycles. The molecule has 186 valence electrons. The number of esters is 2. The van der Waals surface area contributed by atoms with E-state index in [0.29, 0.717) is 23.9 Å². The molecule has 1 atom stereocenters. The summed E-state index contributed by atoms with van der Waals surface area (Å²) in [4.78, 5) is 24.4.